The summed E-state index contributed by atoms with van der Waals surface area (Å²) in [7, 11) is -0.870. The first-order valence-electron chi connectivity index (χ1n) is 10.6. The Bertz CT molecular complexity index is 796. The maximum atomic E-state index is 7.76. The minimum absolute atomic E-state index is 0.407. The SMILES string of the molecule is CCCCCc1nc2c(s1)-c1ccc(C3CCC(N)C3)cc1CC2.COP(O)O. The molecular weight excluding hydrogens is 403 g/mol. The van der Waals surface area contributed by atoms with Gasteiger partial charge in [0.1, 0.15) is 0 Å². The van der Waals surface area contributed by atoms with Crippen LogP contribution in [0.4, 0.5) is 0 Å². The molecule has 160 valence electrons. The van der Waals surface area contributed by atoms with Gasteiger partial charge in [-0.2, -0.15) is 0 Å². The van der Waals surface area contributed by atoms with Crippen molar-refractivity contribution in [2.75, 3.05) is 7.11 Å². The first-order valence-corrected chi connectivity index (χ1v) is 12.6. The Balaban J connectivity index is 0.000000431. The molecule has 1 fully saturated rings. The maximum Gasteiger partial charge on any atom is 0.326 e. The van der Waals surface area contributed by atoms with E-state index >= 15 is 0 Å². The monoisotopic (exact) mass is 436 g/mol. The Labute approximate surface area is 179 Å². The van der Waals surface area contributed by atoms with Gasteiger partial charge >= 0.3 is 8.60 Å². The molecule has 1 heterocycles. The standard InChI is InChI=1S/C21H28N2S.CH5O3P/c1-2-3-4-5-20-23-19-11-8-16-12-14(15-6-9-17(22)13-15)7-10-18(16)21(19)24-20;1-4-5(2)3/h7,10,12,15,17H,2-6,8-9,11,13,22H2,1H3;2-3H,1H3. The topological polar surface area (TPSA) is 88.6 Å². The van der Waals surface area contributed by atoms with Gasteiger partial charge < -0.3 is 20.0 Å². The molecule has 2 aromatic rings. The third kappa shape index (κ3) is 6.06. The molecule has 4 rings (SSSR count). The second-order valence-electron chi connectivity index (χ2n) is 7.96. The van der Waals surface area contributed by atoms with Crippen LogP contribution in [-0.2, 0) is 23.8 Å². The van der Waals surface area contributed by atoms with Crippen molar-refractivity contribution in [3.63, 3.8) is 0 Å². The molecule has 4 N–H and O–H groups in total. The highest BCUT2D eigenvalue weighted by Gasteiger charge is 2.26. The minimum atomic E-state index is -2.10. The van der Waals surface area contributed by atoms with Gasteiger partial charge in [0.25, 0.3) is 0 Å². The average Bonchev–Trinajstić information content (AvgIpc) is 3.34. The number of aromatic nitrogens is 1. The fourth-order valence-corrected chi connectivity index (χ4v) is 5.49. The smallest absolute Gasteiger partial charge is 0.326 e. The number of unbranched alkanes of at least 4 members (excludes halogenated alkanes) is 2. The number of rotatable bonds is 6. The lowest BCUT2D eigenvalue weighted by atomic mass is 9.88. The Morgan fingerprint density at radius 2 is 2.03 bits per heavy atom. The lowest BCUT2D eigenvalue weighted by Crippen LogP contribution is -2.14. The molecule has 0 radical (unpaired) electrons. The van der Waals surface area contributed by atoms with Crippen molar-refractivity contribution >= 4 is 19.9 Å². The summed E-state index contributed by atoms with van der Waals surface area (Å²) in [5, 5.41) is 1.34. The summed E-state index contributed by atoms with van der Waals surface area (Å²) in [6, 6.07) is 7.59. The van der Waals surface area contributed by atoms with Gasteiger partial charge in [-0.15, -0.1) is 11.3 Å². The number of hydrogen-bond donors (Lipinski definition) is 3. The van der Waals surface area contributed by atoms with E-state index in [0.29, 0.717) is 12.0 Å². The number of hydrogen-bond acceptors (Lipinski definition) is 6. The van der Waals surface area contributed by atoms with E-state index in [2.05, 4.69) is 29.6 Å². The van der Waals surface area contributed by atoms with Crippen LogP contribution in [0.2, 0.25) is 0 Å². The van der Waals surface area contributed by atoms with Crippen LogP contribution in [0.25, 0.3) is 10.4 Å². The van der Waals surface area contributed by atoms with Crippen LogP contribution >= 0.6 is 19.9 Å². The number of thiazole rings is 1. The van der Waals surface area contributed by atoms with Crippen molar-refractivity contribution in [2.45, 2.75) is 76.7 Å². The third-order valence-corrected chi connectivity index (χ3v) is 7.37. The zero-order chi connectivity index (χ0) is 20.8. The van der Waals surface area contributed by atoms with Crippen LogP contribution in [0.3, 0.4) is 0 Å². The molecule has 7 heteroatoms. The van der Waals surface area contributed by atoms with Gasteiger partial charge in [0.2, 0.25) is 0 Å². The molecule has 0 amide bonds. The van der Waals surface area contributed by atoms with E-state index in [9.17, 15) is 0 Å². The molecule has 2 unspecified atom stereocenters. The van der Waals surface area contributed by atoms with Gasteiger partial charge in [-0.25, -0.2) is 4.98 Å². The third-order valence-electron chi connectivity index (χ3n) is 5.85. The van der Waals surface area contributed by atoms with Gasteiger partial charge in [-0.1, -0.05) is 38.0 Å². The largest absolute Gasteiger partial charge is 0.328 e. The molecule has 5 nitrogen and oxygen atoms in total. The van der Waals surface area contributed by atoms with E-state index in [1.165, 1.54) is 71.5 Å². The molecule has 2 aliphatic carbocycles. The van der Waals surface area contributed by atoms with Crippen molar-refractivity contribution in [3.05, 3.63) is 40.0 Å². The Morgan fingerprint density at radius 3 is 2.69 bits per heavy atom. The molecule has 1 aromatic carbocycles. The van der Waals surface area contributed by atoms with Crippen molar-refractivity contribution in [3.8, 4) is 10.4 Å². The fourth-order valence-electron chi connectivity index (χ4n) is 4.28. The van der Waals surface area contributed by atoms with Crippen LogP contribution < -0.4 is 5.73 Å². The van der Waals surface area contributed by atoms with Crippen LogP contribution in [-0.4, -0.2) is 27.9 Å². The zero-order valence-electron chi connectivity index (χ0n) is 17.4. The van der Waals surface area contributed by atoms with Crippen LogP contribution in [0.15, 0.2) is 18.2 Å². The first-order chi connectivity index (χ1) is 14.0. The summed E-state index contributed by atoms with van der Waals surface area (Å²) in [5.41, 5.74) is 11.9. The van der Waals surface area contributed by atoms with Gasteiger partial charge in [0, 0.05) is 13.2 Å². The molecular formula is C22H33N2O3PS. The predicted molar refractivity (Wildman–Crippen MR) is 121 cm³/mol. The highest BCUT2D eigenvalue weighted by atomic mass is 32.1. The van der Waals surface area contributed by atoms with E-state index < -0.39 is 8.60 Å². The summed E-state index contributed by atoms with van der Waals surface area (Å²) < 4.78 is 3.93. The molecule has 2 atom stereocenters. The van der Waals surface area contributed by atoms with Crippen molar-refractivity contribution in [1.29, 1.82) is 0 Å². The minimum Gasteiger partial charge on any atom is -0.328 e. The maximum absolute atomic E-state index is 7.76. The number of benzene rings is 1. The molecule has 1 saturated carbocycles. The molecule has 29 heavy (non-hydrogen) atoms. The van der Waals surface area contributed by atoms with Crippen molar-refractivity contribution < 1.29 is 14.3 Å². The Kier molecular flexibility index (Phi) is 8.60. The summed E-state index contributed by atoms with van der Waals surface area (Å²) >= 11 is 1.94. The average molecular weight is 437 g/mol. The Hall–Kier alpha value is -0.880. The van der Waals surface area contributed by atoms with E-state index in [1.54, 1.807) is 0 Å². The predicted octanol–water partition coefficient (Wildman–Crippen LogP) is 5.08. The van der Waals surface area contributed by atoms with Crippen LogP contribution in [0.5, 0.6) is 0 Å². The summed E-state index contributed by atoms with van der Waals surface area (Å²) in [4.78, 5) is 21.9. The number of nitrogens with zero attached hydrogens (tertiary/aromatic N) is 1. The van der Waals surface area contributed by atoms with Gasteiger partial charge in [0.05, 0.1) is 15.6 Å². The highest BCUT2D eigenvalue weighted by molar-refractivity contribution is 7.39. The van der Waals surface area contributed by atoms with E-state index in [0.717, 1.165) is 25.7 Å². The number of fused-ring (bicyclic) bond motifs is 3. The fraction of sp³-hybridized carbons (Fsp3) is 0.591. The van der Waals surface area contributed by atoms with Crippen LogP contribution in [0.1, 0.15) is 73.2 Å². The molecule has 0 spiro atoms. The van der Waals surface area contributed by atoms with Crippen molar-refractivity contribution in [2.24, 2.45) is 5.73 Å². The normalized spacial score (nSPS) is 20.2. The highest BCUT2D eigenvalue weighted by Crippen LogP contribution is 2.41. The molecule has 2 aliphatic rings. The van der Waals surface area contributed by atoms with E-state index in [4.69, 9.17) is 20.5 Å². The molecule has 0 saturated heterocycles. The summed E-state index contributed by atoms with van der Waals surface area (Å²) in [5.74, 6) is 0.678. The number of nitrogens with two attached hydrogens (primary N) is 1. The van der Waals surface area contributed by atoms with Crippen molar-refractivity contribution in [1.82, 2.24) is 4.98 Å². The summed E-state index contributed by atoms with van der Waals surface area (Å²) in [6.45, 7) is 2.26. The van der Waals surface area contributed by atoms with Gasteiger partial charge in [-0.05, 0) is 67.6 Å². The summed E-state index contributed by atoms with van der Waals surface area (Å²) in [6.07, 6.45) is 10.9. The first kappa shape index (κ1) is 22.8. The van der Waals surface area contributed by atoms with Crippen LogP contribution in [0, 0.1) is 0 Å². The number of aryl methyl sites for hydroxylation is 3. The second kappa shape index (κ2) is 10.9. The van der Waals surface area contributed by atoms with E-state index in [-0.39, 0.29) is 0 Å². The molecule has 0 bridgehead atoms. The quantitative estimate of drug-likeness (QED) is 0.434. The molecule has 0 aliphatic heterocycles. The van der Waals surface area contributed by atoms with Gasteiger partial charge in [0.15, 0.2) is 0 Å². The zero-order valence-corrected chi connectivity index (χ0v) is 19.1. The Morgan fingerprint density at radius 1 is 1.24 bits per heavy atom. The molecule has 1 aromatic heterocycles. The lowest BCUT2D eigenvalue weighted by Gasteiger charge is -2.18. The van der Waals surface area contributed by atoms with Gasteiger partial charge in [-0.3, -0.25) is 0 Å². The lowest BCUT2D eigenvalue weighted by molar-refractivity contribution is 0.310. The second-order valence-corrected chi connectivity index (χ2v) is 9.92. The van der Waals surface area contributed by atoms with E-state index in [1.807, 2.05) is 11.3 Å².